The van der Waals surface area contributed by atoms with Gasteiger partial charge < -0.3 is 23.6 Å². The fourth-order valence-electron chi connectivity index (χ4n) is 3.30. The molecule has 1 aliphatic rings. The van der Waals surface area contributed by atoms with E-state index in [4.69, 9.17) is 18.7 Å². The molecular formula is C25H30N2O6. The van der Waals surface area contributed by atoms with E-state index < -0.39 is 17.2 Å². The van der Waals surface area contributed by atoms with Crippen molar-refractivity contribution < 1.29 is 28.3 Å². The van der Waals surface area contributed by atoms with Gasteiger partial charge in [-0.25, -0.2) is 0 Å². The Labute approximate surface area is 193 Å². The average Bonchev–Trinajstić information content (AvgIpc) is 3.19. The van der Waals surface area contributed by atoms with E-state index in [1.54, 1.807) is 12.2 Å². The minimum Gasteiger partial charge on any atom is -0.475 e. The number of unbranched alkanes of at least 4 members (excludes halogenated alkanes) is 1. The van der Waals surface area contributed by atoms with Crippen molar-refractivity contribution in [3.05, 3.63) is 71.5 Å². The SMILES string of the molecule is CCCCOc1noc(CN(C)C)c1C(=O)[C@]1(OCOCc2ccccc2)C=CC=CC1=O. The van der Waals surface area contributed by atoms with Crippen molar-refractivity contribution in [1.82, 2.24) is 10.1 Å². The number of hydrogen-bond acceptors (Lipinski definition) is 8. The van der Waals surface area contributed by atoms with Crippen LogP contribution < -0.4 is 4.74 Å². The number of ketones is 2. The number of Topliss-reactive ketones (excluding diaryl/α,β-unsaturated/α-hetero) is 1. The van der Waals surface area contributed by atoms with Crippen LogP contribution in [0.2, 0.25) is 0 Å². The number of benzene rings is 1. The van der Waals surface area contributed by atoms with Gasteiger partial charge in [0.05, 0.1) is 19.8 Å². The van der Waals surface area contributed by atoms with Crippen molar-refractivity contribution in [2.24, 2.45) is 0 Å². The number of ether oxygens (including phenoxy) is 3. The second-order valence-electron chi connectivity index (χ2n) is 7.97. The van der Waals surface area contributed by atoms with Gasteiger partial charge >= 0.3 is 0 Å². The molecule has 0 saturated heterocycles. The summed E-state index contributed by atoms with van der Waals surface area (Å²) >= 11 is 0. The minimum atomic E-state index is -1.89. The molecule has 176 valence electrons. The summed E-state index contributed by atoms with van der Waals surface area (Å²) in [5.74, 6) is -0.731. The van der Waals surface area contributed by atoms with E-state index in [2.05, 4.69) is 5.16 Å². The van der Waals surface area contributed by atoms with Crippen LogP contribution in [0.1, 0.15) is 41.4 Å². The second kappa shape index (κ2) is 11.7. The summed E-state index contributed by atoms with van der Waals surface area (Å²) in [4.78, 5) is 28.6. The van der Waals surface area contributed by atoms with Crippen LogP contribution in [0.4, 0.5) is 0 Å². The molecule has 0 radical (unpaired) electrons. The Morgan fingerprint density at radius 3 is 2.67 bits per heavy atom. The number of carbonyl (C=O) groups is 2. The van der Waals surface area contributed by atoms with Gasteiger partial charge in [0.15, 0.2) is 11.5 Å². The third-order valence-corrected chi connectivity index (χ3v) is 5.03. The van der Waals surface area contributed by atoms with Crippen molar-refractivity contribution in [3.8, 4) is 5.88 Å². The molecule has 0 N–H and O–H groups in total. The maximum atomic E-state index is 13.8. The Kier molecular flexibility index (Phi) is 8.71. The summed E-state index contributed by atoms with van der Waals surface area (Å²) in [6, 6.07) is 9.55. The molecule has 1 aromatic heterocycles. The van der Waals surface area contributed by atoms with Crippen molar-refractivity contribution in [2.45, 2.75) is 38.5 Å². The summed E-state index contributed by atoms with van der Waals surface area (Å²) in [6.07, 6.45) is 7.63. The van der Waals surface area contributed by atoms with Crippen molar-refractivity contribution in [3.63, 3.8) is 0 Å². The Balaban J connectivity index is 1.85. The van der Waals surface area contributed by atoms with E-state index in [1.165, 1.54) is 12.2 Å². The van der Waals surface area contributed by atoms with E-state index >= 15 is 0 Å². The highest BCUT2D eigenvalue weighted by atomic mass is 16.7. The first kappa shape index (κ1) is 24.6. The molecule has 0 bridgehead atoms. The molecule has 3 rings (SSSR count). The van der Waals surface area contributed by atoms with Gasteiger partial charge in [-0.2, -0.15) is 0 Å². The molecule has 8 nitrogen and oxygen atoms in total. The maximum absolute atomic E-state index is 13.8. The van der Waals surface area contributed by atoms with E-state index in [0.29, 0.717) is 18.9 Å². The molecule has 0 unspecified atom stereocenters. The van der Waals surface area contributed by atoms with Crippen LogP contribution in [-0.4, -0.2) is 54.7 Å². The molecule has 0 saturated carbocycles. The van der Waals surface area contributed by atoms with Gasteiger partial charge in [0.1, 0.15) is 12.4 Å². The monoisotopic (exact) mass is 454 g/mol. The van der Waals surface area contributed by atoms with Crippen molar-refractivity contribution in [1.29, 1.82) is 0 Å². The molecule has 0 spiro atoms. The lowest BCUT2D eigenvalue weighted by atomic mass is 9.85. The lowest BCUT2D eigenvalue weighted by Gasteiger charge is -2.28. The van der Waals surface area contributed by atoms with Gasteiger partial charge in [-0.05, 0) is 43.4 Å². The number of nitrogens with zero attached hydrogens (tertiary/aromatic N) is 2. The standard InChI is InChI=1S/C25H30N2O6/c1-4-5-15-31-24-22(20(33-26-24)16-27(2)3)23(29)25(14-10-9-13-21(25)28)32-18-30-17-19-11-7-6-8-12-19/h6-14H,4-5,15-18H2,1-3H3/t25-/m0/s1. The average molecular weight is 455 g/mol. The van der Waals surface area contributed by atoms with Crippen LogP contribution in [-0.2, 0) is 27.4 Å². The Hall–Kier alpha value is -3.07. The van der Waals surface area contributed by atoms with E-state index in [1.807, 2.05) is 56.3 Å². The lowest BCUT2D eigenvalue weighted by Crippen LogP contribution is -2.48. The number of rotatable bonds is 13. The smallest absolute Gasteiger partial charge is 0.265 e. The Morgan fingerprint density at radius 1 is 1.18 bits per heavy atom. The Bertz CT molecular complexity index is 996. The van der Waals surface area contributed by atoms with Gasteiger partial charge in [-0.1, -0.05) is 55.8 Å². The van der Waals surface area contributed by atoms with Gasteiger partial charge in [0, 0.05) is 0 Å². The summed E-state index contributed by atoms with van der Waals surface area (Å²) in [5, 5.41) is 3.96. The zero-order chi connectivity index (χ0) is 23.7. The molecule has 1 aromatic carbocycles. The predicted molar refractivity (Wildman–Crippen MR) is 122 cm³/mol. The first-order valence-electron chi connectivity index (χ1n) is 10.9. The fraction of sp³-hybridized carbons (Fsp3) is 0.400. The topological polar surface area (TPSA) is 91.1 Å². The highest BCUT2D eigenvalue weighted by Gasteiger charge is 2.48. The quantitative estimate of drug-likeness (QED) is 0.196. The fourth-order valence-corrected chi connectivity index (χ4v) is 3.30. The van der Waals surface area contributed by atoms with Crippen LogP contribution in [0.3, 0.4) is 0 Å². The maximum Gasteiger partial charge on any atom is 0.265 e. The summed E-state index contributed by atoms with van der Waals surface area (Å²) in [5.41, 5.74) is -0.831. The molecular weight excluding hydrogens is 424 g/mol. The molecule has 0 fully saturated rings. The van der Waals surface area contributed by atoms with Gasteiger partial charge in [-0.15, -0.1) is 0 Å². The summed E-state index contributed by atoms with van der Waals surface area (Å²) in [7, 11) is 3.68. The number of carbonyl (C=O) groups excluding carboxylic acids is 2. The largest absolute Gasteiger partial charge is 0.475 e. The van der Waals surface area contributed by atoms with Crippen LogP contribution in [0.15, 0.2) is 59.2 Å². The lowest BCUT2D eigenvalue weighted by molar-refractivity contribution is -0.145. The molecule has 33 heavy (non-hydrogen) atoms. The number of aromatic nitrogens is 1. The minimum absolute atomic E-state index is 0.0641. The first-order valence-corrected chi connectivity index (χ1v) is 10.9. The van der Waals surface area contributed by atoms with E-state index in [9.17, 15) is 9.59 Å². The third-order valence-electron chi connectivity index (χ3n) is 5.03. The summed E-state index contributed by atoms with van der Waals surface area (Å²) < 4.78 is 22.6. The van der Waals surface area contributed by atoms with Crippen LogP contribution in [0, 0.1) is 0 Å². The van der Waals surface area contributed by atoms with Crippen molar-refractivity contribution in [2.75, 3.05) is 27.5 Å². The van der Waals surface area contributed by atoms with Crippen LogP contribution in [0.5, 0.6) is 5.88 Å². The Morgan fingerprint density at radius 2 is 1.97 bits per heavy atom. The van der Waals surface area contributed by atoms with Gasteiger partial charge in [0.2, 0.25) is 11.4 Å². The van der Waals surface area contributed by atoms with E-state index in [0.717, 1.165) is 18.4 Å². The highest BCUT2D eigenvalue weighted by molar-refractivity contribution is 6.24. The first-order chi connectivity index (χ1) is 16.0. The molecule has 1 aliphatic carbocycles. The van der Waals surface area contributed by atoms with E-state index in [-0.39, 0.29) is 24.8 Å². The van der Waals surface area contributed by atoms with Crippen LogP contribution >= 0.6 is 0 Å². The zero-order valence-corrected chi connectivity index (χ0v) is 19.3. The highest BCUT2D eigenvalue weighted by Crippen LogP contribution is 2.32. The number of allylic oxidation sites excluding steroid dienone is 2. The molecule has 1 atom stereocenters. The summed E-state index contributed by atoms with van der Waals surface area (Å²) in [6.45, 7) is 2.74. The molecule has 0 amide bonds. The molecule has 0 aliphatic heterocycles. The number of hydrogen-bond donors (Lipinski definition) is 0. The zero-order valence-electron chi connectivity index (χ0n) is 19.3. The third kappa shape index (κ3) is 6.04. The van der Waals surface area contributed by atoms with Gasteiger partial charge in [0.25, 0.3) is 5.88 Å². The normalized spacial score (nSPS) is 17.6. The molecule has 2 aromatic rings. The predicted octanol–water partition coefficient (Wildman–Crippen LogP) is 3.72. The molecule has 1 heterocycles. The van der Waals surface area contributed by atoms with Crippen LogP contribution in [0.25, 0.3) is 0 Å². The van der Waals surface area contributed by atoms with Crippen molar-refractivity contribution >= 4 is 11.6 Å². The molecule has 8 heteroatoms. The van der Waals surface area contributed by atoms with Gasteiger partial charge in [-0.3, -0.25) is 9.59 Å². The second-order valence-corrected chi connectivity index (χ2v) is 7.97.